The average Bonchev–Trinajstić information content (AvgIpc) is 2.95. The van der Waals surface area contributed by atoms with Crippen molar-refractivity contribution in [2.45, 2.75) is 25.8 Å². The quantitative estimate of drug-likeness (QED) is 0.863. The van der Waals surface area contributed by atoms with Crippen molar-refractivity contribution in [1.29, 1.82) is 0 Å². The van der Waals surface area contributed by atoms with Crippen LogP contribution in [0.2, 0.25) is 0 Å². The van der Waals surface area contributed by atoms with E-state index in [4.69, 9.17) is 14.6 Å². The van der Waals surface area contributed by atoms with Crippen LogP contribution in [0.25, 0.3) is 0 Å². The smallest absolute Gasteiger partial charge is 0.307 e. The minimum Gasteiger partial charge on any atom is -0.493 e. The number of hydrogen-bond donors (Lipinski definition) is 2. The minimum absolute atomic E-state index is 0.00361. The molecule has 0 aliphatic carbocycles. The monoisotopic (exact) mass is 279 g/mol. The Balaban J connectivity index is 2.41. The number of ether oxygens (including phenoxy) is 2. The summed E-state index contributed by atoms with van der Waals surface area (Å²) in [6.07, 6.45) is 1.44. The molecule has 110 valence electrons. The number of hydrogen-bond acceptors (Lipinski definition) is 4. The number of carboxylic acid groups (broad SMARTS) is 1. The van der Waals surface area contributed by atoms with Crippen molar-refractivity contribution in [2.75, 3.05) is 20.8 Å². The highest BCUT2D eigenvalue weighted by atomic mass is 16.5. The van der Waals surface area contributed by atoms with Gasteiger partial charge in [-0.3, -0.25) is 4.79 Å². The number of aliphatic carboxylic acids is 1. The van der Waals surface area contributed by atoms with Gasteiger partial charge in [-0.25, -0.2) is 0 Å². The third-order valence-electron chi connectivity index (χ3n) is 3.88. The number of nitrogens with one attached hydrogen (secondary N) is 1. The lowest BCUT2D eigenvalue weighted by Crippen LogP contribution is -2.18. The molecule has 1 saturated heterocycles. The third kappa shape index (κ3) is 2.58. The van der Waals surface area contributed by atoms with Gasteiger partial charge in [-0.2, -0.15) is 0 Å². The summed E-state index contributed by atoms with van der Waals surface area (Å²) in [7, 11) is 3.22. The summed E-state index contributed by atoms with van der Waals surface area (Å²) in [6.45, 7) is 2.57. The van der Waals surface area contributed by atoms with E-state index in [-0.39, 0.29) is 12.0 Å². The van der Waals surface area contributed by atoms with Crippen LogP contribution in [-0.4, -0.2) is 31.8 Å². The molecule has 0 amide bonds. The third-order valence-corrected chi connectivity index (χ3v) is 3.88. The van der Waals surface area contributed by atoms with Crippen LogP contribution in [0.1, 0.15) is 30.5 Å². The van der Waals surface area contributed by atoms with Gasteiger partial charge in [0.1, 0.15) is 0 Å². The van der Waals surface area contributed by atoms with Crippen LogP contribution in [0.4, 0.5) is 0 Å². The average molecular weight is 279 g/mol. The van der Waals surface area contributed by atoms with Crippen LogP contribution in [0.5, 0.6) is 11.5 Å². The lowest BCUT2D eigenvalue weighted by Gasteiger charge is -2.21. The van der Waals surface area contributed by atoms with Crippen LogP contribution < -0.4 is 14.8 Å². The summed E-state index contributed by atoms with van der Waals surface area (Å²) in [6, 6.07) is 3.91. The molecule has 1 aromatic rings. The first-order valence-corrected chi connectivity index (χ1v) is 6.82. The first-order valence-electron chi connectivity index (χ1n) is 6.82. The Morgan fingerprint density at radius 2 is 2.15 bits per heavy atom. The first kappa shape index (κ1) is 14.7. The number of carbonyl (C=O) groups is 1. The minimum atomic E-state index is -0.750. The van der Waals surface area contributed by atoms with E-state index in [9.17, 15) is 4.79 Å². The molecular formula is C15H21NO4. The molecule has 2 rings (SSSR count). The van der Waals surface area contributed by atoms with E-state index in [0.29, 0.717) is 24.5 Å². The Hall–Kier alpha value is -1.75. The van der Waals surface area contributed by atoms with Gasteiger partial charge in [0, 0.05) is 18.2 Å². The van der Waals surface area contributed by atoms with E-state index < -0.39 is 5.97 Å². The normalized spacial score (nSPS) is 21.8. The standard InChI is InChI=1S/C15H21NO4/c1-4-9-5-6-12(19-2)14(20-3)13(9)11-7-10(8-16-11)15(17)18/h5-6,10-11,16H,4,7-8H2,1-3H3,(H,17,18). The van der Waals surface area contributed by atoms with Crippen molar-refractivity contribution in [2.24, 2.45) is 5.92 Å². The predicted octanol–water partition coefficient (Wildman–Crippen LogP) is 2.00. The molecule has 5 nitrogen and oxygen atoms in total. The van der Waals surface area contributed by atoms with Crippen LogP contribution in [-0.2, 0) is 11.2 Å². The van der Waals surface area contributed by atoms with Gasteiger partial charge in [-0.05, 0) is 24.5 Å². The Bertz CT molecular complexity index is 501. The fourth-order valence-corrected chi connectivity index (χ4v) is 2.83. The molecule has 2 unspecified atom stereocenters. The maximum atomic E-state index is 11.1. The van der Waals surface area contributed by atoms with Gasteiger partial charge >= 0.3 is 5.97 Å². The number of rotatable bonds is 5. The Morgan fingerprint density at radius 1 is 1.40 bits per heavy atom. The second-order valence-corrected chi connectivity index (χ2v) is 4.96. The highest BCUT2D eigenvalue weighted by Crippen LogP contribution is 2.41. The van der Waals surface area contributed by atoms with E-state index in [1.54, 1.807) is 14.2 Å². The molecule has 2 N–H and O–H groups in total. The van der Waals surface area contributed by atoms with Crippen molar-refractivity contribution < 1.29 is 19.4 Å². The number of carboxylic acids is 1. The van der Waals surface area contributed by atoms with Crippen LogP contribution in [0.15, 0.2) is 12.1 Å². The number of methoxy groups -OCH3 is 2. The molecule has 1 heterocycles. The van der Waals surface area contributed by atoms with Gasteiger partial charge in [0.25, 0.3) is 0 Å². The molecule has 0 saturated carbocycles. The molecule has 20 heavy (non-hydrogen) atoms. The molecule has 0 bridgehead atoms. The summed E-state index contributed by atoms with van der Waals surface area (Å²) in [5, 5.41) is 12.4. The van der Waals surface area contributed by atoms with E-state index >= 15 is 0 Å². The fourth-order valence-electron chi connectivity index (χ4n) is 2.83. The van der Waals surface area contributed by atoms with Crippen molar-refractivity contribution in [3.8, 4) is 11.5 Å². The van der Waals surface area contributed by atoms with Crippen molar-refractivity contribution in [3.05, 3.63) is 23.3 Å². The molecule has 0 radical (unpaired) electrons. The molecule has 1 aliphatic rings. The molecule has 0 aromatic heterocycles. The van der Waals surface area contributed by atoms with Crippen LogP contribution >= 0.6 is 0 Å². The van der Waals surface area contributed by atoms with Gasteiger partial charge in [0.2, 0.25) is 0 Å². The topological polar surface area (TPSA) is 67.8 Å². The van der Waals surface area contributed by atoms with Crippen molar-refractivity contribution in [3.63, 3.8) is 0 Å². The Kier molecular flexibility index (Phi) is 4.49. The van der Waals surface area contributed by atoms with Gasteiger partial charge in [-0.1, -0.05) is 13.0 Å². The summed E-state index contributed by atoms with van der Waals surface area (Å²) in [4.78, 5) is 11.1. The predicted molar refractivity (Wildman–Crippen MR) is 75.4 cm³/mol. The Labute approximate surface area is 118 Å². The van der Waals surface area contributed by atoms with E-state index in [1.165, 1.54) is 0 Å². The molecular weight excluding hydrogens is 258 g/mol. The van der Waals surface area contributed by atoms with E-state index in [0.717, 1.165) is 17.5 Å². The largest absolute Gasteiger partial charge is 0.493 e. The first-order chi connectivity index (χ1) is 9.62. The maximum absolute atomic E-state index is 11.1. The lowest BCUT2D eigenvalue weighted by molar-refractivity contribution is -0.141. The zero-order chi connectivity index (χ0) is 14.7. The van der Waals surface area contributed by atoms with Crippen molar-refractivity contribution in [1.82, 2.24) is 5.32 Å². The SMILES string of the molecule is CCc1ccc(OC)c(OC)c1C1CC(C(=O)O)CN1. The van der Waals surface area contributed by atoms with Crippen LogP contribution in [0.3, 0.4) is 0 Å². The highest BCUT2D eigenvalue weighted by molar-refractivity contribution is 5.71. The van der Waals surface area contributed by atoms with E-state index in [1.807, 2.05) is 12.1 Å². The molecule has 2 atom stereocenters. The molecule has 1 aliphatic heterocycles. The van der Waals surface area contributed by atoms with Gasteiger partial charge in [0.15, 0.2) is 11.5 Å². The number of benzene rings is 1. The van der Waals surface area contributed by atoms with Crippen molar-refractivity contribution >= 4 is 5.97 Å². The van der Waals surface area contributed by atoms with Gasteiger partial charge in [0.05, 0.1) is 20.1 Å². The maximum Gasteiger partial charge on any atom is 0.307 e. The molecule has 5 heteroatoms. The second kappa shape index (κ2) is 6.13. The summed E-state index contributed by atoms with van der Waals surface area (Å²) < 4.78 is 10.8. The highest BCUT2D eigenvalue weighted by Gasteiger charge is 2.33. The molecule has 0 spiro atoms. The van der Waals surface area contributed by atoms with Gasteiger partial charge < -0.3 is 19.9 Å². The van der Waals surface area contributed by atoms with Gasteiger partial charge in [-0.15, -0.1) is 0 Å². The second-order valence-electron chi connectivity index (χ2n) is 4.96. The van der Waals surface area contributed by atoms with Crippen LogP contribution in [0, 0.1) is 5.92 Å². The fraction of sp³-hybridized carbons (Fsp3) is 0.533. The molecule has 1 fully saturated rings. The van der Waals surface area contributed by atoms with E-state index in [2.05, 4.69) is 12.2 Å². The summed E-state index contributed by atoms with van der Waals surface area (Å²) in [5.74, 6) is 0.288. The lowest BCUT2D eigenvalue weighted by atomic mass is 9.93. The summed E-state index contributed by atoms with van der Waals surface area (Å²) >= 11 is 0. The Morgan fingerprint density at radius 3 is 2.65 bits per heavy atom. The molecule has 1 aromatic carbocycles. The number of aryl methyl sites for hydroxylation is 1. The zero-order valence-corrected chi connectivity index (χ0v) is 12.1. The summed E-state index contributed by atoms with van der Waals surface area (Å²) in [5.41, 5.74) is 2.18. The zero-order valence-electron chi connectivity index (χ0n) is 12.1.